The van der Waals surface area contributed by atoms with Crippen molar-refractivity contribution in [2.45, 2.75) is 38.6 Å². The van der Waals surface area contributed by atoms with E-state index in [1.165, 1.54) is 19.1 Å². The first-order valence-electron chi connectivity index (χ1n) is 5.44. The molecule has 1 rings (SSSR count). The number of sulfone groups is 1. The fraction of sp³-hybridized carbons (Fsp3) is 1.00. The molecular formula is C10H21NO2S. The van der Waals surface area contributed by atoms with Gasteiger partial charge in [-0.2, -0.15) is 0 Å². The summed E-state index contributed by atoms with van der Waals surface area (Å²) in [4.78, 5) is 0. The third-order valence-electron chi connectivity index (χ3n) is 2.69. The fourth-order valence-electron chi connectivity index (χ4n) is 1.83. The van der Waals surface area contributed by atoms with Gasteiger partial charge in [-0.3, -0.25) is 0 Å². The minimum absolute atomic E-state index is 0.335. The van der Waals surface area contributed by atoms with E-state index in [4.69, 9.17) is 0 Å². The SMILES string of the molecule is CCNC(CCCS(C)(=O)=O)C1CC1. The molecule has 1 aliphatic rings. The topological polar surface area (TPSA) is 46.2 Å². The van der Waals surface area contributed by atoms with Crippen molar-refractivity contribution in [3.63, 3.8) is 0 Å². The van der Waals surface area contributed by atoms with E-state index in [-0.39, 0.29) is 0 Å². The number of nitrogens with one attached hydrogen (secondary N) is 1. The van der Waals surface area contributed by atoms with Crippen LogP contribution in [0.4, 0.5) is 0 Å². The molecule has 0 amide bonds. The van der Waals surface area contributed by atoms with Gasteiger partial charge in [0.15, 0.2) is 0 Å². The lowest BCUT2D eigenvalue weighted by Gasteiger charge is -2.16. The van der Waals surface area contributed by atoms with Gasteiger partial charge in [0.2, 0.25) is 0 Å². The van der Waals surface area contributed by atoms with Gasteiger partial charge in [-0.05, 0) is 38.1 Å². The highest BCUT2D eigenvalue weighted by Gasteiger charge is 2.30. The predicted octanol–water partition coefficient (Wildman–Crippen LogP) is 1.20. The standard InChI is InChI=1S/C10H21NO2S/c1-3-11-10(9-6-7-9)5-4-8-14(2,12)13/h9-11H,3-8H2,1-2H3. The van der Waals surface area contributed by atoms with Crippen LogP contribution in [-0.2, 0) is 9.84 Å². The molecule has 0 aromatic rings. The van der Waals surface area contributed by atoms with Crippen molar-refractivity contribution in [3.8, 4) is 0 Å². The second-order valence-electron chi connectivity index (χ2n) is 4.27. The van der Waals surface area contributed by atoms with E-state index in [1.54, 1.807) is 0 Å². The van der Waals surface area contributed by atoms with Gasteiger partial charge in [-0.1, -0.05) is 6.92 Å². The van der Waals surface area contributed by atoms with E-state index in [0.29, 0.717) is 11.8 Å². The maximum atomic E-state index is 10.9. The Morgan fingerprint density at radius 1 is 1.43 bits per heavy atom. The number of rotatable bonds is 7. The molecule has 1 unspecified atom stereocenters. The van der Waals surface area contributed by atoms with Gasteiger partial charge in [0.25, 0.3) is 0 Å². The normalized spacial score (nSPS) is 19.6. The van der Waals surface area contributed by atoms with E-state index >= 15 is 0 Å². The Labute approximate surface area is 87.2 Å². The van der Waals surface area contributed by atoms with Crippen molar-refractivity contribution in [3.05, 3.63) is 0 Å². The van der Waals surface area contributed by atoms with Crippen LogP contribution >= 0.6 is 0 Å². The first kappa shape index (κ1) is 12.0. The van der Waals surface area contributed by atoms with Gasteiger partial charge in [0, 0.05) is 18.1 Å². The summed E-state index contributed by atoms with van der Waals surface area (Å²) < 4.78 is 21.9. The van der Waals surface area contributed by atoms with Gasteiger partial charge in [-0.25, -0.2) is 8.42 Å². The Balaban J connectivity index is 2.19. The molecule has 1 N–H and O–H groups in total. The highest BCUT2D eigenvalue weighted by atomic mass is 32.2. The molecule has 1 atom stereocenters. The molecular weight excluding hydrogens is 198 g/mol. The van der Waals surface area contributed by atoms with E-state index in [9.17, 15) is 8.42 Å². The molecule has 0 heterocycles. The first-order chi connectivity index (χ1) is 6.53. The van der Waals surface area contributed by atoms with Crippen molar-refractivity contribution in [2.75, 3.05) is 18.6 Å². The van der Waals surface area contributed by atoms with Gasteiger partial charge in [0.05, 0.1) is 0 Å². The van der Waals surface area contributed by atoms with Crippen LogP contribution in [0, 0.1) is 5.92 Å². The molecule has 3 nitrogen and oxygen atoms in total. The molecule has 0 bridgehead atoms. The molecule has 0 aromatic carbocycles. The summed E-state index contributed by atoms with van der Waals surface area (Å²) in [6, 6.07) is 0.557. The minimum atomic E-state index is -2.77. The molecule has 4 heteroatoms. The average molecular weight is 219 g/mol. The van der Waals surface area contributed by atoms with Crippen molar-refractivity contribution in [1.29, 1.82) is 0 Å². The van der Waals surface area contributed by atoms with E-state index < -0.39 is 9.84 Å². The zero-order valence-electron chi connectivity index (χ0n) is 9.12. The molecule has 84 valence electrons. The third-order valence-corrected chi connectivity index (χ3v) is 3.72. The van der Waals surface area contributed by atoms with Gasteiger partial charge >= 0.3 is 0 Å². The predicted molar refractivity (Wildman–Crippen MR) is 59.1 cm³/mol. The van der Waals surface area contributed by atoms with Crippen LogP contribution in [-0.4, -0.2) is 33.0 Å². The van der Waals surface area contributed by atoms with Crippen molar-refractivity contribution >= 4 is 9.84 Å². The van der Waals surface area contributed by atoms with Gasteiger partial charge < -0.3 is 5.32 Å². The second-order valence-corrected chi connectivity index (χ2v) is 6.53. The zero-order valence-corrected chi connectivity index (χ0v) is 9.94. The summed E-state index contributed by atoms with van der Waals surface area (Å²) in [5, 5.41) is 3.44. The summed E-state index contributed by atoms with van der Waals surface area (Å²) in [6.45, 7) is 3.09. The Morgan fingerprint density at radius 3 is 2.50 bits per heavy atom. The van der Waals surface area contributed by atoms with Crippen LogP contribution in [0.1, 0.15) is 32.6 Å². The minimum Gasteiger partial charge on any atom is -0.314 e. The monoisotopic (exact) mass is 219 g/mol. The van der Waals surface area contributed by atoms with Crippen LogP contribution in [0.5, 0.6) is 0 Å². The Bertz CT molecular complexity index is 257. The fourth-order valence-corrected chi connectivity index (χ4v) is 2.52. The second kappa shape index (κ2) is 5.12. The Kier molecular flexibility index (Phi) is 4.38. The molecule has 0 radical (unpaired) electrons. The highest BCUT2D eigenvalue weighted by molar-refractivity contribution is 7.90. The lowest BCUT2D eigenvalue weighted by atomic mass is 10.1. The molecule has 0 aromatic heterocycles. The quantitative estimate of drug-likeness (QED) is 0.700. The first-order valence-corrected chi connectivity index (χ1v) is 7.50. The van der Waals surface area contributed by atoms with E-state index in [2.05, 4.69) is 12.2 Å². The summed E-state index contributed by atoms with van der Waals surface area (Å²) >= 11 is 0. The van der Waals surface area contributed by atoms with Gasteiger partial charge in [-0.15, -0.1) is 0 Å². The van der Waals surface area contributed by atoms with Crippen LogP contribution in [0.15, 0.2) is 0 Å². The maximum absolute atomic E-state index is 10.9. The number of hydrogen-bond acceptors (Lipinski definition) is 3. The molecule has 1 aliphatic carbocycles. The van der Waals surface area contributed by atoms with Crippen LogP contribution in [0.25, 0.3) is 0 Å². The van der Waals surface area contributed by atoms with Crippen molar-refractivity contribution in [1.82, 2.24) is 5.32 Å². The van der Waals surface area contributed by atoms with Crippen LogP contribution < -0.4 is 5.32 Å². The van der Waals surface area contributed by atoms with Crippen LogP contribution in [0.2, 0.25) is 0 Å². The van der Waals surface area contributed by atoms with Crippen molar-refractivity contribution in [2.24, 2.45) is 5.92 Å². The average Bonchev–Trinajstić information content (AvgIpc) is 2.83. The largest absolute Gasteiger partial charge is 0.314 e. The summed E-state index contributed by atoms with van der Waals surface area (Å²) in [6.07, 6.45) is 5.75. The molecule has 0 spiro atoms. The molecule has 0 aliphatic heterocycles. The highest BCUT2D eigenvalue weighted by Crippen LogP contribution is 2.34. The smallest absolute Gasteiger partial charge is 0.147 e. The maximum Gasteiger partial charge on any atom is 0.147 e. The molecule has 14 heavy (non-hydrogen) atoms. The lowest BCUT2D eigenvalue weighted by Crippen LogP contribution is -2.31. The van der Waals surface area contributed by atoms with Crippen LogP contribution in [0.3, 0.4) is 0 Å². The van der Waals surface area contributed by atoms with E-state index in [1.807, 2.05) is 0 Å². The Morgan fingerprint density at radius 2 is 2.07 bits per heavy atom. The molecule has 0 saturated heterocycles. The zero-order chi connectivity index (χ0) is 10.6. The Hall–Kier alpha value is -0.0900. The number of hydrogen-bond donors (Lipinski definition) is 1. The third kappa shape index (κ3) is 4.96. The summed E-state index contributed by atoms with van der Waals surface area (Å²) in [5.74, 6) is 1.15. The van der Waals surface area contributed by atoms with Gasteiger partial charge in [0.1, 0.15) is 9.84 Å². The van der Waals surface area contributed by atoms with E-state index in [0.717, 1.165) is 25.3 Å². The van der Waals surface area contributed by atoms with Crippen molar-refractivity contribution < 1.29 is 8.42 Å². The lowest BCUT2D eigenvalue weighted by molar-refractivity contribution is 0.441. The summed E-state index contributed by atoms with van der Waals surface area (Å²) in [5.41, 5.74) is 0. The summed E-state index contributed by atoms with van der Waals surface area (Å²) in [7, 11) is -2.77. The molecule has 1 fully saturated rings. The molecule has 1 saturated carbocycles.